The van der Waals surface area contributed by atoms with Crippen LogP contribution < -0.4 is 4.90 Å². The van der Waals surface area contributed by atoms with E-state index in [0.717, 1.165) is 22.4 Å². The van der Waals surface area contributed by atoms with E-state index in [1.54, 1.807) is 35.7 Å². The molecule has 4 aromatic rings. The van der Waals surface area contributed by atoms with Crippen molar-refractivity contribution in [3.05, 3.63) is 71.0 Å². The van der Waals surface area contributed by atoms with Gasteiger partial charge in [-0.15, -0.1) is 11.3 Å². The lowest BCUT2D eigenvalue weighted by Gasteiger charge is -2.18. The van der Waals surface area contributed by atoms with Crippen molar-refractivity contribution in [3.8, 4) is 0 Å². The molecule has 10 heteroatoms. The third-order valence-electron chi connectivity index (χ3n) is 4.26. The maximum atomic E-state index is 14.1. The molecular weight excluding hydrogens is 421 g/mol. The second-order valence-corrected chi connectivity index (χ2v) is 7.29. The van der Waals surface area contributed by atoms with Crippen molar-refractivity contribution in [2.75, 3.05) is 4.90 Å². The molecule has 1 amide bonds. The van der Waals surface area contributed by atoms with Crippen LogP contribution in [0.1, 0.15) is 18.2 Å². The van der Waals surface area contributed by atoms with Crippen molar-refractivity contribution in [3.63, 3.8) is 0 Å². The van der Waals surface area contributed by atoms with Crippen LogP contribution in [0.3, 0.4) is 0 Å². The van der Waals surface area contributed by atoms with Crippen molar-refractivity contribution >= 4 is 51.1 Å². The van der Waals surface area contributed by atoms with Crippen LogP contribution in [0, 0.1) is 5.82 Å². The number of nitrogens with one attached hydrogen (secondary N) is 1. The first-order chi connectivity index (χ1) is 15.0. The first kappa shape index (κ1) is 20.4. The van der Waals surface area contributed by atoms with Gasteiger partial charge in [-0.1, -0.05) is 18.2 Å². The number of aromatic nitrogens is 4. The number of esters is 1. The highest BCUT2D eigenvalue weighted by atomic mass is 32.1. The van der Waals surface area contributed by atoms with Crippen LogP contribution in [0.5, 0.6) is 0 Å². The number of para-hydroxylation sites is 1. The summed E-state index contributed by atoms with van der Waals surface area (Å²) in [5, 5.41) is 12.4. The van der Waals surface area contributed by atoms with E-state index in [2.05, 4.69) is 20.4 Å². The predicted octanol–water partition coefficient (Wildman–Crippen LogP) is 3.99. The number of H-pyrrole nitrogens is 1. The van der Waals surface area contributed by atoms with Crippen LogP contribution in [-0.2, 0) is 20.9 Å². The summed E-state index contributed by atoms with van der Waals surface area (Å²) in [6, 6.07) is 11.3. The minimum atomic E-state index is -0.549. The number of aromatic amines is 1. The molecule has 0 bridgehead atoms. The molecule has 156 valence electrons. The number of hydrogen-bond acceptors (Lipinski definition) is 7. The monoisotopic (exact) mass is 437 g/mol. The number of thiazole rings is 1. The summed E-state index contributed by atoms with van der Waals surface area (Å²) in [6.45, 7) is 1.41. The average Bonchev–Trinajstić information content (AvgIpc) is 3.41. The van der Waals surface area contributed by atoms with Gasteiger partial charge in [-0.2, -0.15) is 15.4 Å². The zero-order valence-corrected chi connectivity index (χ0v) is 17.1. The lowest BCUT2D eigenvalue weighted by molar-refractivity contribution is -0.138. The Balaban J connectivity index is 1.41. The largest absolute Gasteiger partial charge is 0.458 e. The number of halogens is 1. The fourth-order valence-electron chi connectivity index (χ4n) is 2.83. The van der Waals surface area contributed by atoms with Crippen LogP contribution in [0.4, 0.5) is 15.2 Å². The Labute approximate surface area is 180 Å². The van der Waals surface area contributed by atoms with Gasteiger partial charge >= 0.3 is 5.97 Å². The van der Waals surface area contributed by atoms with Crippen LogP contribution in [0.2, 0.25) is 0 Å². The molecule has 0 saturated heterocycles. The smallest absolute Gasteiger partial charge is 0.331 e. The molecule has 0 aliphatic carbocycles. The molecule has 0 aliphatic rings. The molecule has 0 saturated carbocycles. The highest BCUT2D eigenvalue weighted by molar-refractivity contribution is 7.14. The van der Waals surface area contributed by atoms with E-state index in [1.165, 1.54) is 36.1 Å². The molecule has 0 atom stereocenters. The van der Waals surface area contributed by atoms with Crippen LogP contribution >= 0.6 is 11.3 Å². The lowest BCUT2D eigenvalue weighted by Crippen LogP contribution is -2.23. The van der Waals surface area contributed by atoms with Crippen molar-refractivity contribution < 1.29 is 18.7 Å². The van der Waals surface area contributed by atoms with Gasteiger partial charge in [0.2, 0.25) is 5.91 Å². The van der Waals surface area contributed by atoms with Gasteiger partial charge in [-0.05, 0) is 35.9 Å². The first-order valence-corrected chi connectivity index (χ1v) is 10.0. The first-order valence-electron chi connectivity index (χ1n) is 9.16. The summed E-state index contributed by atoms with van der Waals surface area (Å²) < 4.78 is 19.4. The average molecular weight is 437 g/mol. The van der Waals surface area contributed by atoms with Crippen molar-refractivity contribution in [1.82, 2.24) is 20.4 Å². The summed E-state index contributed by atoms with van der Waals surface area (Å²) >= 11 is 1.16. The number of fused-ring (bicyclic) bond motifs is 1. The maximum Gasteiger partial charge on any atom is 0.331 e. The quantitative estimate of drug-likeness (QED) is 0.362. The zero-order chi connectivity index (χ0) is 21.8. The Bertz CT molecular complexity index is 1280. The zero-order valence-electron chi connectivity index (χ0n) is 16.3. The van der Waals surface area contributed by atoms with Crippen LogP contribution in [0.25, 0.3) is 17.1 Å². The van der Waals surface area contributed by atoms with E-state index in [9.17, 15) is 14.0 Å². The van der Waals surface area contributed by atoms with Crippen LogP contribution in [-0.4, -0.2) is 32.3 Å². The van der Waals surface area contributed by atoms with Crippen molar-refractivity contribution in [1.29, 1.82) is 0 Å². The van der Waals surface area contributed by atoms with Gasteiger partial charge in [0.15, 0.2) is 5.13 Å². The highest BCUT2D eigenvalue weighted by Gasteiger charge is 2.20. The molecule has 4 rings (SSSR count). The summed E-state index contributed by atoms with van der Waals surface area (Å²) in [4.78, 5) is 29.6. The molecule has 1 N–H and O–H groups in total. The molecule has 2 aromatic heterocycles. The van der Waals surface area contributed by atoms with Gasteiger partial charge in [0.05, 0.1) is 11.4 Å². The number of benzene rings is 2. The molecule has 0 spiro atoms. The Morgan fingerprint density at radius 2 is 2.00 bits per heavy atom. The number of nitrogens with zero attached hydrogens (tertiary/aromatic N) is 4. The Hall–Kier alpha value is -3.92. The number of hydrogen-bond donors (Lipinski definition) is 1. The SMILES string of the molecule is CC(=O)N(c1nc(/C=C/C(=O)OCc2ccc3n[nH]nc3c2)cs1)c1ccccc1F. The van der Waals surface area contributed by atoms with Gasteiger partial charge in [-0.3, -0.25) is 9.69 Å². The summed E-state index contributed by atoms with van der Waals surface area (Å²) in [5.74, 6) is -1.46. The predicted molar refractivity (Wildman–Crippen MR) is 114 cm³/mol. The molecule has 2 heterocycles. The fourth-order valence-corrected chi connectivity index (χ4v) is 3.68. The van der Waals surface area contributed by atoms with Crippen molar-refractivity contribution in [2.45, 2.75) is 13.5 Å². The molecule has 8 nitrogen and oxygen atoms in total. The Kier molecular flexibility index (Phi) is 5.80. The fraction of sp³-hybridized carbons (Fsp3) is 0.0952. The number of anilines is 2. The second kappa shape index (κ2) is 8.84. The molecule has 0 aliphatic heterocycles. The molecular formula is C21H16FN5O3S. The minimum absolute atomic E-state index is 0.0830. The normalized spacial score (nSPS) is 11.2. The van der Waals surface area contributed by atoms with E-state index in [4.69, 9.17) is 4.74 Å². The standard InChI is InChI=1S/C21H16FN5O3S/c1-13(28)27(19-5-3-2-4-16(19)22)21-23-15(12-31-21)7-9-20(29)30-11-14-6-8-17-18(10-14)25-26-24-17/h2-10,12H,11H2,1H3,(H,24,25,26)/b9-7+. The van der Waals surface area contributed by atoms with E-state index in [1.807, 2.05) is 0 Å². The third-order valence-corrected chi connectivity index (χ3v) is 5.11. The summed E-state index contributed by atoms with van der Waals surface area (Å²) in [7, 11) is 0. The van der Waals surface area contributed by atoms with E-state index in [0.29, 0.717) is 16.3 Å². The van der Waals surface area contributed by atoms with Crippen LogP contribution in [0.15, 0.2) is 53.9 Å². The Morgan fingerprint density at radius 3 is 2.81 bits per heavy atom. The van der Waals surface area contributed by atoms with Gasteiger partial charge in [-0.25, -0.2) is 14.2 Å². The van der Waals surface area contributed by atoms with E-state index < -0.39 is 11.8 Å². The molecule has 0 unspecified atom stereocenters. The number of carbonyl (C=O) groups is 2. The van der Waals surface area contributed by atoms with Crippen molar-refractivity contribution in [2.24, 2.45) is 0 Å². The topological polar surface area (TPSA) is 101 Å². The summed E-state index contributed by atoms with van der Waals surface area (Å²) in [6.07, 6.45) is 2.72. The van der Waals surface area contributed by atoms with E-state index >= 15 is 0 Å². The number of ether oxygens (including phenoxy) is 1. The molecule has 0 fully saturated rings. The number of rotatable bonds is 6. The van der Waals surface area contributed by atoms with Gasteiger partial charge in [0.25, 0.3) is 0 Å². The minimum Gasteiger partial charge on any atom is -0.458 e. The lowest BCUT2D eigenvalue weighted by atomic mass is 10.2. The second-order valence-electron chi connectivity index (χ2n) is 6.45. The van der Waals surface area contributed by atoms with Gasteiger partial charge in [0, 0.05) is 18.4 Å². The van der Waals surface area contributed by atoms with Gasteiger partial charge < -0.3 is 4.74 Å². The molecule has 2 aromatic carbocycles. The third kappa shape index (κ3) is 4.64. The number of carbonyl (C=O) groups excluding carboxylic acids is 2. The number of amides is 1. The van der Waals surface area contributed by atoms with Gasteiger partial charge in [0.1, 0.15) is 23.5 Å². The summed E-state index contributed by atoms with van der Waals surface area (Å²) in [5.41, 5.74) is 2.75. The maximum absolute atomic E-state index is 14.1. The van der Waals surface area contributed by atoms with E-state index in [-0.39, 0.29) is 18.2 Å². The molecule has 0 radical (unpaired) electrons. The highest BCUT2D eigenvalue weighted by Crippen LogP contribution is 2.31. The molecule has 31 heavy (non-hydrogen) atoms. The Morgan fingerprint density at radius 1 is 1.19 bits per heavy atom.